The second kappa shape index (κ2) is 10.4. The van der Waals surface area contributed by atoms with Crippen LogP contribution in [0.5, 0.6) is 0 Å². The van der Waals surface area contributed by atoms with Gasteiger partial charge < -0.3 is 4.90 Å². The van der Waals surface area contributed by atoms with Gasteiger partial charge in [-0.3, -0.25) is 0 Å². The molecule has 6 rings (SSSR count). The van der Waals surface area contributed by atoms with E-state index in [-0.39, 0.29) is 5.41 Å². The van der Waals surface area contributed by atoms with Gasteiger partial charge in [0.1, 0.15) is 12.7 Å². The molecule has 0 bridgehead atoms. The minimum atomic E-state index is -0.311. The molecule has 0 amide bonds. The molecule has 0 N–H and O–H groups in total. The standard InChI is InChI=1S/C33H30BrN5/c1-33(16-17-38(2)3,29-15-9-13-23-12-7-8-14-27(23)29)30-20-26(34)18-25-19-28(24-10-5-4-6-11-24)32(37-31(25)30)39-22-35-21-36-39/h4-15,18-22H,16-17H2,1-3H3. The van der Waals surface area contributed by atoms with Crippen molar-refractivity contribution in [1.82, 2.24) is 24.6 Å². The number of hydrogen-bond donors (Lipinski definition) is 0. The van der Waals surface area contributed by atoms with Crippen LogP contribution in [0.4, 0.5) is 0 Å². The van der Waals surface area contributed by atoms with Crippen molar-refractivity contribution in [3.05, 3.63) is 119 Å². The van der Waals surface area contributed by atoms with Gasteiger partial charge in [0.2, 0.25) is 0 Å². The van der Waals surface area contributed by atoms with Crippen LogP contribution in [-0.4, -0.2) is 45.3 Å². The van der Waals surface area contributed by atoms with Crippen molar-refractivity contribution in [3.8, 4) is 16.9 Å². The summed E-state index contributed by atoms with van der Waals surface area (Å²) >= 11 is 3.85. The van der Waals surface area contributed by atoms with Crippen molar-refractivity contribution in [2.75, 3.05) is 20.6 Å². The monoisotopic (exact) mass is 575 g/mol. The van der Waals surface area contributed by atoms with Crippen LogP contribution in [0.25, 0.3) is 38.6 Å². The second-order valence-corrected chi connectivity index (χ2v) is 11.4. The van der Waals surface area contributed by atoms with Crippen molar-refractivity contribution in [1.29, 1.82) is 0 Å². The number of pyridine rings is 1. The third kappa shape index (κ3) is 4.75. The normalized spacial score (nSPS) is 13.3. The number of nitrogens with zero attached hydrogens (tertiary/aromatic N) is 5. The van der Waals surface area contributed by atoms with Crippen LogP contribution < -0.4 is 0 Å². The molecule has 0 saturated heterocycles. The minimum absolute atomic E-state index is 0.311. The lowest BCUT2D eigenvalue weighted by atomic mass is 9.71. The highest BCUT2D eigenvalue weighted by Crippen LogP contribution is 2.44. The van der Waals surface area contributed by atoms with E-state index in [1.54, 1.807) is 17.3 Å². The summed E-state index contributed by atoms with van der Waals surface area (Å²) in [7, 11) is 4.27. The van der Waals surface area contributed by atoms with Gasteiger partial charge in [-0.2, -0.15) is 5.10 Å². The summed E-state index contributed by atoms with van der Waals surface area (Å²) in [5.74, 6) is 0.766. The Morgan fingerprint density at radius 1 is 0.846 bits per heavy atom. The van der Waals surface area contributed by atoms with Gasteiger partial charge in [-0.15, -0.1) is 0 Å². The van der Waals surface area contributed by atoms with Crippen molar-refractivity contribution in [2.45, 2.75) is 18.8 Å². The molecule has 0 aliphatic carbocycles. The lowest BCUT2D eigenvalue weighted by Crippen LogP contribution is -2.30. The molecule has 2 aromatic heterocycles. The molecule has 0 fully saturated rings. The van der Waals surface area contributed by atoms with Crippen LogP contribution in [0, 0.1) is 0 Å². The molecule has 0 aliphatic heterocycles. The van der Waals surface area contributed by atoms with Gasteiger partial charge >= 0.3 is 0 Å². The highest BCUT2D eigenvalue weighted by molar-refractivity contribution is 9.10. The zero-order chi connectivity index (χ0) is 27.0. The molecule has 39 heavy (non-hydrogen) atoms. The minimum Gasteiger partial charge on any atom is -0.309 e. The number of rotatable bonds is 7. The third-order valence-corrected chi connectivity index (χ3v) is 8.08. The Kier molecular flexibility index (Phi) is 6.75. The van der Waals surface area contributed by atoms with Crippen molar-refractivity contribution >= 4 is 37.6 Å². The van der Waals surface area contributed by atoms with E-state index in [0.29, 0.717) is 0 Å². The lowest BCUT2D eigenvalue weighted by molar-refractivity contribution is 0.356. The van der Waals surface area contributed by atoms with Gasteiger partial charge in [-0.25, -0.2) is 14.6 Å². The maximum absolute atomic E-state index is 5.36. The fourth-order valence-corrected chi connectivity index (χ4v) is 6.03. The molecule has 1 unspecified atom stereocenters. The molecule has 5 nitrogen and oxygen atoms in total. The first-order chi connectivity index (χ1) is 18.9. The Balaban J connectivity index is 1.68. The molecule has 6 aromatic rings. The van der Waals surface area contributed by atoms with Gasteiger partial charge in [-0.05, 0) is 72.7 Å². The van der Waals surface area contributed by atoms with Crippen LogP contribution in [0.3, 0.4) is 0 Å². The van der Waals surface area contributed by atoms with Crippen molar-refractivity contribution in [2.24, 2.45) is 0 Å². The van der Waals surface area contributed by atoms with Crippen molar-refractivity contribution < 1.29 is 0 Å². The van der Waals surface area contributed by atoms with E-state index in [0.717, 1.165) is 45.3 Å². The number of hydrogen-bond acceptors (Lipinski definition) is 4. The second-order valence-electron chi connectivity index (χ2n) is 10.5. The predicted molar refractivity (Wildman–Crippen MR) is 163 cm³/mol. The first-order valence-electron chi connectivity index (χ1n) is 13.1. The maximum Gasteiger partial charge on any atom is 0.163 e. The van der Waals surface area contributed by atoms with E-state index in [2.05, 4.69) is 137 Å². The Bertz CT molecular complexity index is 1760. The van der Waals surface area contributed by atoms with Crippen LogP contribution in [0.15, 0.2) is 108 Å². The molecule has 194 valence electrons. The Morgan fingerprint density at radius 2 is 1.62 bits per heavy atom. The topological polar surface area (TPSA) is 46.8 Å². The zero-order valence-electron chi connectivity index (χ0n) is 22.3. The Labute approximate surface area is 237 Å². The van der Waals surface area contributed by atoms with Gasteiger partial charge in [0.15, 0.2) is 5.82 Å². The number of aromatic nitrogens is 4. The molecule has 1 atom stereocenters. The summed E-state index contributed by atoms with van der Waals surface area (Å²) in [5.41, 5.74) is 5.25. The molecule has 0 spiro atoms. The predicted octanol–water partition coefficient (Wildman–Crippen LogP) is 7.66. The maximum atomic E-state index is 5.36. The first kappa shape index (κ1) is 25.4. The highest BCUT2D eigenvalue weighted by Gasteiger charge is 2.33. The molecular formula is C33H30BrN5. The quantitative estimate of drug-likeness (QED) is 0.196. The van der Waals surface area contributed by atoms with Crippen LogP contribution >= 0.6 is 15.9 Å². The summed E-state index contributed by atoms with van der Waals surface area (Å²) in [6.45, 7) is 3.30. The van der Waals surface area contributed by atoms with Crippen molar-refractivity contribution in [3.63, 3.8) is 0 Å². The van der Waals surface area contributed by atoms with E-state index < -0.39 is 0 Å². The summed E-state index contributed by atoms with van der Waals surface area (Å²) in [4.78, 5) is 11.8. The zero-order valence-corrected chi connectivity index (χ0v) is 23.9. The third-order valence-electron chi connectivity index (χ3n) is 7.62. The number of benzene rings is 4. The Morgan fingerprint density at radius 3 is 2.38 bits per heavy atom. The Hall–Kier alpha value is -3.87. The summed E-state index contributed by atoms with van der Waals surface area (Å²) in [6.07, 6.45) is 4.20. The number of fused-ring (bicyclic) bond motifs is 2. The SMILES string of the molecule is CN(C)CCC(C)(c1cccc2ccccc12)c1cc(Br)cc2cc(-c3ccccc3)c(-n3cncn3)nc12. The van der Waals surface area contributed by atoms with E-state index in [1.807, 2.05) is 6.07 Å². The molecule has 2 heterocycles. The summed E-state index contributed by atoms with van der Waals surface area (Å²) in [5, 5.41) is 8.07. The summed E-state index contributed by atoms with van der Waals surface area (Å²) < 4.78 is 2.80. The highest BCUT2D eigenvalue weighted by atomic mass is 79.9. The average molecular weight is 577 g/mol. The smallest absolute Gasteiger partial charge is 0.163 e. The molecule has 0 aliphatic rings. The van der Waals surface area contributed by atoms with Crippen LogP contribution in [0.2, 0.25) is 0 Å². The van der Waals surface area contributed by atoms with Gasteiger partial charge in [-0.1, -0.05) is 95.7 Å². The largest absolute Gasteiger partial charge is 0.309 e. The van der Waals surface area contributed by atoms with Gasteiger partial charge in [0.25, 0.3) is 0 Å². The first-order valence-corrected chi connectivity index (χ1v) is 13.9. The fourth-order valence-electron chi connectivity index (χ4n) is 5.55. The number of halogens is 1. The average Bonchev–Trinajstić information content (AvgIpc) is 3.50. The lowest BCUT2D eigenvalue weighted by Gasteiger charge is -2.34. The fraction of sp³-hybridized carbons (Fsp3) is 0.182. The molecule has 0 radical (unpaired) electrons. The summed E-state index contributed by atoms with van der Waals surface area (Å²) in [6, 6.07) is 32.3. The van der Waals surface area contributed by atoms with E-state index in [9.17, 15) is 0 Å². The van der Waals surface area contributed by atoms with Gasteiger partial charge in [0, 0.05) is 20.8 Å². The molecular weight excluding hydrogens is 546 g/mol. The van der Waals surface area contributed by atoms with E-state index in [1.165, 1.54) is 21.9 Å². The van der Waals surface area contributed by atoms with Crippen LogP contribution in [-0.2, 0) is 5.41 Å². The van der Waals surface area contributed by atoms with Crippen LogP contribution in [0.1, 0.15) is 24.5 Å². The van der Waals surface area contributed by atoms with E-state index in [4.69, 9.17) is 4.98 Å². The van der Waals surface area contributed by atoms with Gasteiger partial charge in [0.05, 0.1) is 5.52 Å². The molecule has 0 saturated carbocycles. The van der Waals surface area contributed by atoms with E-state index >= 15 is 0 Å². The molecule has 6 heteroatoms. The molecule has 4 aromatic carbocycles.